The topological polar surface area (TPSA) is 53.8 Å². The summed E-state index contributed by atoms with van der Waals surface area (Å²) in [4.78, 5) is 13.9. The van der Waals surface area contributed by atoms with Crippen LogP contribution in [0.2, 0.25) is 10.0 Å². The van der Waals surface area contributed by atoms with E-state index in [4.69, 9.17) is 27.9 Å². The maximum atomic E-state index is 12.7. The normalized spacial score (nSPS) is 15.7. The van der Waals surface area contributed by atoms with E-state index in [1.165, 1.54) is 17.0 Å². The third-order valence-corrected chi connectivity index (χ3v) is 5.15. The summed E-state index contributed by atoms with van der Waals surface area (Å²) in [5.74, 6) is 0.179. The number of ether oxygens (including phenoxy) is 1. The number of carbonyl (C=O) groups excluding carboxylic acids is 1. The fraction of sp³-hybridized carbons (Fsp3) is 0.286. The Morgan fingerprint density at radius 3 is 2.70 bits per heavy atom. The molecule has 0 radical (unpaired) electrons. The van der Waals surface area contributed by atoms with Crippen molar-refractivity contribution in [2.75, 3.05) is 13.6 Å². The summed E-state index contributed by atoms with van der Waals surface area (Å²) < 4.78 is 5.83. The smallest absolute Gasteiger partial charge is 0.231 e. The average Bonchev–Trinajstić information content (AvgIpc) is 2.94. The minimum Gasteiger partial charge on any atom is -0.872 e. The Morgan fingerprint density at radius 1 is 1.22 bits per heavy atom. The van der Waals surface area contributed by atoms with E-state index in [0.29, 0.717) is 39.0 Å². The van der Waals surface area contributed by atoms with Gasteiger partial charge in [-0.2, -0.15) is 0 Å². The Bertz CT molecular complexity index is 909. The highest BCUT2D eigenvalue weighted by atomic mass is 35.5. The zero-order valence-corrected chi connectivity index (χ0v) is 16.8. The van der Waals surface area contributed by atoms with E-state index in [1.54, 1.807) is 24.3 Å². The number of benzene rings is 2. The summed E-state index contributed by atoms with van der Waals surface area (Å²) in [7, 11) is 2.04. The zero-order chi connectivity index (χ0) is 19.6. The minimum atomic E-state index is -0.247. The maximum Gasteiger partial charge on any atom is 0.231 e. The number of ketones is 1. The third-order valence-electron chi connectivity index (χ3n) is 4.58. The van der Waals surface area contributed by atoms with Gasteiger partial charge in [0.05, 0.1) is 19.2 Å². The van der Waals surface area contributed by atoms with Crippen molar-refractivity contribution in [3.05, 3.63) is 62.8 Å². The minimum absolute atomic E-state index is 0.108. The largest absolute Gasteiger partial charge is 0.872 e. The molecule has 2 aromatic carbocycles. The molecule has 0 fully saturated rings. The molecule has 1 unspecified atom stereocenters. The van der Waals surface area contributed by atoms with E-state index in [9.17, 15) is 9.90 Å². The molecule has 1 aliphatic heterocycles. The second-order valence-electron chi connectivity index (χ2n) is 6.76. The van der Waals surface area contributed by atoms with E-state index in [1.807, 2.05) is 7.05 Å². The van der Waals surface area contributed by atoms with Crippen molar-refractivity contribution in [1.29, 1.82) is 0 Å². The predicted molar refractivity (Wildman–Crippen MR) is 106 cm³/mol. The number of quaternary nitrogens is 1. The van der Waals surface area contributed by atoms with Crippen LogP contribution < -0.4 is 14.7 Å². The molecule has 6 heteroatoms. The van der Waals surface area contributed by atoms with Crippen LogP contribution in [0.5, 0.6) is 11.5 Å². The van der Waals surface area contributed by atoms with Gasteiger partial charge in [0, 0.05) is 15.6 Å². The number of unbranched alkanes of at least 4 members (excludes halogenated alkanes) is 1. The molecule has 0 saturated heterocycles. The molecule has 0 aliphatic carbocycles. The molecule has 3 rings (SSSR count). The highest BCUT2D eigenvalue weighted by molar-refractivity contribution is 6.35. The fourth-order valence-electron chi connectivity index (χ4n) is 3.09. The van der Waals surface area contributed by atoms with Crippen LogP contribution >= 0.6 is 23.2 Å². The number of nitrogens with one attached hydrogen (secondary N) is 1. The summed E-state index contributed by atoms with van der Waals surface area (Å²) in [6.45, 7) is 3.61. The molecule has 1 aliphatic rings. The number of hydrogen-bond donors (Lipinski definition) is 1. The van der Waals surface area contributed by atoms with E-state index in [2.05, 4.69) is 6.92 Å². The third kappa shape index (κ3) is 4.29. The number of carbonyl (C=O) groups is 1. The molecule has 1 atom stereocenters. The summed E-state index contributed by atoms with van der Waals surface area (Å²) in [6, 6.07) is 8.00. The lowest BCUT2D eigenvalue weighted by molar-refractivity contribution is -0.894. The van der Waals surface area contributed by atoms with Crippen LogP contribution in [0.1, 0.15) is 41.3 Å². The predicted octanol–water partition coefficient (Wildman–Crippen LogP) is 3.50. The Kier molecular flexibility index (Phi) is 6.10. The van der Waals surface area contributed by atoms with Crippen molar-refractivity contribution in [1.82, 2.24) is 0 Å². The standard InChI is InChI=1S/C21H21Cl2NO3/c1-3-4-9-24(2)12-16-18(25)8-7-15-20(26)19(27-21(15)16)10-13-5-6-14(22)11-17(13)23/h5-8,10-11,25H,3-4,9,12H2,1-2H3/b19-10-. The molecule has 27 heavy (non-hydrogen) atoms. The first-order valence-corrected chi connectivity index (χ1v) is 9.69. The van der Waals surface area contributed by atoms with Gasteiger partial charge in [-0.05, 0) is 36.3 Å². The quantitative estimate of drug-likeness (QED) is 0.748. The average molecular weight is 406 g/mol. The number of fused-ring (bicyclic) bond motifs is 1. The van der Waals surface area contributed by atoms with Gasteiger partial charge in [-0.1, -0.05) is 54.4 Å². The first-order valence-electron chi connectivity index (χ1n) is 8.94. The summed E-state index contributed by atoms with van der Waals surface area (Å²) in [6.07, 6.45) is 3.76. The molecule has 0 aromatic heterocycles. The van der Waals surface area contributed by atoms with Gasteiger partial charge in [-0.25, -0.2) is 0 Å². The van der Waals surface area contributed by atoms with Crippen LogP contribution in [0.25, 0.3) is 6.08 Å². The molecule has 4 nitrogen and oxygen atoms in total. The van der Waals surface area contributed by atoms with Crippen LogP contribution in [0.15, 0.2) is 36.1 Å². The van der Waals surface area contributed by atoms with E-state index in [-0.39, 0.29) is 17.3 Å². The van der Waals surface area contributed by atoms with Crippen LogP contribution in [-0.4, -0.2) is 19.4 Å². The lowest BCUT2D eigenvalue weighted by Crippen LogP contribution is -3.07. The summed E-state index contributed by atoms with van der Waals surface area (Å²) in [5, 5.41) is 13.3. The number of Topliss-reactive ketones (excluding diaryl/α,β-unsaturated/α-hetero) is 1. The molecule has 0 spiro atoms. The van der Waals surface area contributed by atoms with E-state index in [0.717, 1.165) is 19.4 Å². The van der Waals surface area contributed by atoms with Gasteiger partial charge in [0.15, 0.2) is 5.76 Å². The monoisotopic (exact) mass is 405 g/mol. The van der Waals surface area contributed by atoms with Crippen LogP contribution in [0, 0.1) is 0 Å². The van der Waals surface area contributed by atoms with Crippen LogP contribution in [-0.2, 0) is 6.54 Å². The van der Waals surface area contributed by atoms with Gasteiger partial charge in [0.25, 0.3) is 0 Å². The second kappa shape index (κ2) is 8.34. The SMILES string of the molecule is CCCC[NH+](C)Cc1c([O-])ccc2c1O/C(=C\c1ccc(Cl)cc1Cl)C2=O. The molecule has 1 heterocycles. The fourth-order valence-corrected chi connectivity index (χ4v) is 3.55. The molecule has 142 valence electrons. The van der Waals surface area contributed by atoms with Crippen molar-refractivity contribution < 1.29 is 19.5 Å². The number of allylic oxidation sites excluding steroid dienone is 1. The van der Waals surface area contributed by atoms with Crippen molar-refractivity contribution in [3.8, 4) is 11.5 Å². The molecule has 0 amide bonds. The molecule has 0 saturated carbocycles. The summed E-state index contributed by atoms with van der Waals surface area (Å²) in [5.41, 5.74) is 1.59. The molecular weight excluding hydrogens is 385 g/mol. The van der Waals surface area contributed by atoms with Gasteiger partial charge in [-0.15, -0.1) is 0 Å². The first-order chi connectivity index (χ1) is 12.9. The highest BCUT2D eigenvalue weighted by Gasteiger charge is 2.30. The van der Waals surface area contributed by atoms with Gasteiger partial charge in [-0.3, -0.25) is 4.79 Å². The number of halogens is 2. The lowest BCUT2D eigenvalue weighted by atomic mass is 10.0. The molecule has 1 N–H and O–H groups in total. The van der Waals surface area contributed by atoms with Crippen LogP contribution in [0.4, 0.5) is 0 Å². The van der Waals surface area contributed by atoms with Gasteiger partial charge < -0.3 is 14.7 Å². The number of rotatable bonds is 6. The van der Waals surface area contributed by atoms with Crippen molar-refractivity contribution in [2.24, 2.45) is 0 Å². The summed E-state index contributed by atoms with van der Waals surface area (Å²) >= 11 is 12.1. The second-order valence-corrected chi connectivity index (χ2v) is 7.61. The molecular formula is C21H21Cl2NO3. The Morgan fingerprint density at radius 2 is 2.00 bits per heavy atom. The van der Waals surface area contributed by atoms with Gasteiger partial charge in [0.2, 0.25) is 5.78 Å². The Balaban J connectivity index is 1.92. The Labute approximate surface area is 169 Å². The van der Waals surface area contributed by atoms with Crippen molar-refractivity contribution >= 4 is 35.1 Å². The zero-order valence-electron chi connectivity index (χ0n) is 15.3. The maximum absolute atomic E-state index is 12.7. The van der Waals surface area contributed by atoms with E-state index < -0.39 is 0 Å². The first kappa shape index (κ1) is 19.7. The van der Waals surface area contributed by atoms with E-state index >= 15 is 0 Å². The van der Waals surface area contributed by atoms with Crippen molar-refractivity contribution in [3.63, 3.8) is 0 Å². The molecule has 0 bridgehead atoms. The van der Waals surface area contributed by atoms with Gasteiger partial charge in [0.1, 0.15) is 12.3 Å². The Hall–Kier alpha value is -2.01. The molecule has 2 aromatic rings. The van der Waals surface area contributed by atoms with Crippen LogP contribution in [0.3, 0.4) is 0 Å². The highest BCUT2D eigenvalue weighted by Crippen LogP contribution is 2.38. The number of hydrogen-bond acceptors (Lipinski definition) is 3. The van der Waals surface area contributed by atoms with Crippen molar-refractivity contribution in [2.45, 2.75) is 26.3 Å². The van der Waals surface area contributed by atoms with Gasteiger partial charge >= 0.3 is 0 Å². The lowest BCUT2D eigenvalue weighted by Gasteiger charge is -2.20.